The molecule has 0 fully saturated rings. The van der Waals surface area contributed by atoms with E-state index in [1.165, 1.54) is 6.07 Å². The van der Waals surface area contributed by atoms with Crippen molar-refractivity contribution in [2.75, 3.05) is 5.32 Å². The first-order valence-electron chi connectivity index (χ1n) is 6.13. The molecule has 0 radical (unpaired) electrons. The average molecular weight is 437 g/mol. The van der Waals surface area contributed by atoms with E-state index in [1.54, 1.807) is 18.2 Å². The zero-order chi connectivity index (χ0) is 16.5. The molecule has 0 saturated carbocycles. The van der Waals surface area contributed by atoms with Crippen molar-refractivity contribution in [3.63, 3.8) is 0 Å². The van der Waals surface area contributed by atoms with E-state index in [-0.39, 0.29) is 4.47 Å². The molecule has 2 rings (SSSR count). The highest BCUT2D eigenvalue weighted by Crippen LogP contribution is 2.34. The van der Waals surface area contributed by atoms with Crippen LogP contribution in [0.2, 0.25) is 0 Å². The van der Waals surface area contributed by atoms with Crippen LogP contribution in [0.3, 0.4) is 0 Å². The largest absolute Gasteiger partial charge is 0.417 e. The van der Waals surface area contributed by atoms with E-state index in [0.29, 0.717) is 5.69 Å². The molecule has 0 spiro atoms. The van der Waals surface area contributed by atoms with Crippen LogP contribution in [0.5, 0.6) is 0 Å². The molecule has 0 heterocycles. The predicted molar refractivity (Wildman–Crippen MR) is 86.0 cm³/mol. The van der Waals surface area contributed by atoms with Crippen molar-refractivity contribution in [3.05, 3.63) is 62.0 Å². The second-order valence-electron chi connectivity index (χ2n) is 4.61. The summed E-state index contributed by atoms with van der Waals surface area (Å²) in [5, 5.41) is 2.48. The van der Waals surface area contributed by atoms with Crippen molar-refractivity contribution in [2.24, 2.45) is 0 Å². The van der Waals surface area contributed by atoms with E-state index in [1.807, 2.05) is 6.92 Å². The summed E-state index contributed by atoms with van der Waals surface area (Å²) in [6.45, 7) is 1.82. The van der Waals surface area contributed by atoms with Crippen molar-refractivity contribution >= 4 is 43.5 Å². The van der Waals surface area contributed by atoms with Crippen LogP contribution < -0.4 is 5.32 Å². The summed E-state index contributed by atoms with van der Waals surface area (Å²) >= 11 is 6.30. The molecule has 116 valence electrons. The van der Waals surface area contributed by atoms with Gasteiger partial charge in [0.25, 0.3) is 5.91 Å². The molecule has 2 nitrogen and oxygen atoms in total. The first-order valence-corrected chi connectivity index (χ1v) is 7.71. The van der Waals surface area contributed by atoms with Gasteiger partial charge in [-0.2, -0.15) is 13.2 Å². The second kappa shape index (κ2) is 6.42. The van der Waals surface area contributed by atoms with Gasteiger partial charge in [-0.05, 0) is 48.9 Å². The Kier molecular flexibility index (Phi) is 4.97. The SMILES string of the molecule is Cc1cc(NC(=O)c2ccc(Br)cc2C(F)(F)F)ccc1Br. The predicted octanol–water partition coefficient (Wildman–Crippen LogP) is 5.79. The molecule has 0 atom stereocenters. The Morgan fingerprint density at radius 2 is 1.77 bits per heavy atom. The smallest absolute Gasteiger partial charge is 0.322 e. The summed E-state index contributed by atoms with van der Waals surface area (Å²) in [5.41, 5.74) is -0.101. The number of amides is 1. The lowest BCUT2D eigenvalue weighted by Gasteiger charge is -2.13. The highest BCUT2D eigenvalue weighted by Gasteiger charge is 2.35. The monoisotopic (exact) mass is 435 g/mol. The Bertz CT molecular complexity index is 729. The van der Waals surface area contributed by atoms with E-state index in [0.717, 1.165) is 22.2 Å². The van der Waals surface area contributed by atoms with Gasteiger partial charge in [0, 0.05) is 14.6 Å². The fourth-order valence-corrected chi connectivity index (χ4v) is 2.48. The molecule has 2 aromatic carbocycles. The van der Waals surface area contributed by atoms with Crippen LogP contribution in [-0.4, -0.2) is 5.91 Å². The van der Waals surface area contributed by atoms with E-state index in [9.17, 15) is 18.0 Å². The topological polar surface area (TPSA) is 29.1 Å². The van der Waals surface area contributed by atoms with Gasteiger partial charge in [-0.3, -0.25) is 4.79 Å². The maximum Gasteiger partial charge on any atom is 0.417 e. The fraction of sp³-hybridized carbons (Fsp3) is 0.133. The van der Waals surface area contributed by atoms with E-state index >= 15 is 0 Å². The van der Waals surface area contributed by atoms with Gasteiger partial charge >= 0.3 is 6.18 Å². The maximum atomic E-state index is 13.0. The number of halogens is 5. The highest BCUT2D eigenvalue weighted by molar-refractivity contribution is 9.10. The number of nitrogens with one attached hydrogen (secondary N) is 1. The minimum absolute atomic E-state index is 0.260. The van der Waals surface area contributed by atoms with Crippen LogP contribution >= 0.6 is 31.9 Å². The molecule has 1 N–H and O–H groups in total. The molecule has 0 aliphatic carbocycles. The van der Waals surface area contributed by atoms with Gasteiger partial charge in [-0.1, -0.05) is 31.9 Å². The number of anilines is 1. The van der Waals surface area contributed by atoms with Gasteiger partial charge in [0.15, 0.2) is 0 Å². The maximum absolute atomic E-state index is 13.0. The number of benzene rings is 2. The lowest BCUT2D eigenvalue weighted by Crippen LogP contribution is -2.18. The number of aryl methyl sites for hydroxylation is 1. The molecule has 2 aromatic rings. The standard InChI is InChI=1S/C15H10Br2F3NO/c1-8-6-10(3-5-13(8)17)21-14(22)11-4-2-9(16)7-12(11)15(18,19)20/h2-7H,1H3,(H,21,22). The van der Waals surface area contributed by atoms with Gasteiger partial charge in [0.2, 0.25) is 0 Å². The summed E-state index contributed by atoms with van der Waals surface area (Å²) in [4.78, 5) is 12.2. The van der Waals surface area contributed by atoms with Gasteiger partial charge in [-0.25, -0.2) is 0 Å². The van der Waals surface area contributed by atoms with Crippen molar-refractivity contribution in [1.29, 1.82) is 0 Å². The van der Waals surface area contributed by atoms with Gasteiger partial charge < -0.3 is 5.32 Å². The zero-order valence-electron chi connectivity index (χ0n) is 11.3. The number of rotatable bonds is 2. The van der Waals surface area contributed by atoms with Gasteiger partial charge in [0.1, 0.15) is 0 Å². The van der Waals surface area contributed by atoms with Crippen molar-refractivity contribution < 1.29 is 18.0 Å². The van der Waals surface area contributed by atoms with E-state index < -0.39 is 23.2 Å². The van der Waals surface area contributed by atoms with Crippen LogP contribution in [0.4, 0.5) is 18.9 Å². The zero-order valence-corrected chi connectivity index (χ0v) is 14.4. The number of carbonyl (C=O) groups is 1. The Balaban J connectivity index is 2.35. The quantitative estimate of drug-likeness (QED) is 0.634. The van der Waals surface area contributed by atoms with Gasteiger partial charge in [-0.15, -0.1) is 0 Å². The summed E-state index contributed by atoms with van der Waals surface area (Å²) in [7, 11) is 0. The van der Waals surface area contributed by atoms with Crippen molar-refractivity contribution in [3.8, 4) is 0 Å². The van der Waals surface area contributed by atoms with Crippen molar-refractivity contribution in [1.82, 2.24) is 0 Å². The first kappa shape index (κ1) is 17.0. The van der Waals surface area contributed by atoms with Crippen molar-refractivity contribution in [2.45, 2.75) is 13.1 Å². The number of hydrogen-bond acceptors (Lipinski definition) is 1. The van der Waals surface area contributed by atoms with Crippen LogP contribution in [0, 0.1) is 6.92 Å². The minimum atomic E-state index is -4.61. The molecule has 0 aliphatic heterocycles. The van der Waals surface area contributed by atoms with Crippen LogP contribution in [0.1, 0.15) is 21.5 Å². The first-order chi connectivity index (χ1) is 10.2. The molecule has 0 bridgehead atoms. The van der Waals surface area contributed by atoms with Crippen LogP contribution in [0.25, 0.3) is 0 Å². The molecule has 0 unspecified atom stereocenters. The second-order valence-corrected chi connectivity index (χ2v) is 6.38. The van der Waals surface area contributed by atoms with Crippen LogP contribution in [-0.2, 0) is 6.18 Å². The third-order valence-electron chi connectivity index (χ3n) is 2.95. The Morgan fingerprint density at radius 1 is 1.09 bits per heavy atom. The number of carbonyl (C=O) groups excluding carboxylic acids is 1. The molecular weight excluding hydrogens is 427 g/mol. The van der Waals surface area contributed by atoms with E-state index in [2.05, 4.69) is 37.2 Å². The average Bonchev–Trinajstić information content (AvgIpc) is 2.41. The minimum Gasteiger partial charge on any atom is -0.322 e. The number of hydrogen-bond donors (Lipinski definition) is 1. The number of alkyl halides is 3. The summed E-state index contributed by atoms with van der Waals surface area (Å²) in [5.74, 6) is -0.804. The molecule has 7 heteroatoms. The fourth-order valence-electron chi connectivity index (χ4n) is 1.87. The molecule has 0 aromatic heterocycles. The molecule has 22 heavy (non-hydrogen) atoms. The highest BCUT2D eigenvalue weighted by atomic mass is 79.9. The third-order valence-corrected chi connectivity index (χ3v) is 4.33. The molecule has 0 aliphatic rings. The van der Waals surface area contributed by atoms with Crippen LogP contribution in [0.15, 0.2) is 45.3 Å². The van der Waals surface area contributed by atoms with E-state index in [4.69, 9.17) is 0 Å². The molecule has 0 saturated heterocycles. The summed E-state index contributed by atoms with van der Waals surface area (Å²) in [6.07, 6.45) is -4.61. The Hall–Kier alpha value is -1.34. The lowest BCUT2D eigenvalue weighted by atomic mass is 10.1. The molecule has 1 amide bonds. The summed E-state index contributed by atoms with van der Waals surface area (Å²) < 4.78 is 40.2. The van der Waals surface area contributed by atoms with Gasteiger partial charge in [0.05, 0.1) is 11.1 Å². The Labute approximate surface area is 142 Å². The third kappa shape index (κ3) is 3.89. The molecular formula is C15H10Br2F3NO. The normalized spacial score (nSPS) is 11.4. The Morgan fingerprint density at radius 3 is 2.36 bits per heavy atom. The summed E-state index contributed by atoms with van der Waals surface area (Å²) in [6, 6.07) is 8.44. The lowest BCUT2D eigenvalue weighted by molar-refractivity contribution is -0.137.